The van der Waals surface area contributed by atoms with Gasteiger partial charge in [-0.05, 0) is 42.7 Å². The first-order valence-corrected chi connectivity index (χ1v) is 7.65. The van der Waals surface area contributed by atoms with Crippen LogP contribution in [0.1, 0.15) is 28.8 Å². The predicted molar refractivity (Wildman–Crippen MR) is 82.2 cm³/mol. The van der Waals surface area contributed by atoms with Gasteiger partial charge in [-0.1, -0.05) is 18.2 Å². The lowest BCUT2D eigenvalue weighted by atomic mass is 10.0. The normalized spacial score (nSPS) is 17.4. The quantitative estimate of drug-likeness (QED) is 0.947. The molecule has 1 fully saturated rings. The molecule has 0 bridgehead atoms. The van der Waals surface area contributed by atoms with E-state index in [1.807, 2.05) is 18.2 Å². The molecule has 0 spiro atoms. The zero-order valence-electron chi connectivity index (χ0n) is 12.5. The van der Waals surface area contributed by atoms with Crippen LogP contribution in [0.4, 0.5) is 4.39 Å². The fraction of sp³-hybridized carbons (Fsp3) is 0.278. The SMILES string of the molecule is O=C(NC1(c2ccc3c(c2)OCCO3)CC1)c1ccccc1F. The molecule has 5 heteroatoms. The lowest BCUT2D eigenvalue weighted by molar-refractivity contribution is 0.0926. The molecule has 2 aromatic rings. The number of carbonyl (C=O) groups excluding carboxylic acids is 1. The second kappa shape index (κ2) is 5.26. The standard InChI is InChI=1S/C18H16FNO3/c19-14-4-2-1-3-13(14)17(21)20-18(7-8-18)12-5-6-15-16(11-12)23-10-9-22-15/h1-6,11H,7-10H2,(H,20,21). The molecule has 0 atom stereocenters. The third kappa shape index (κ3) is 2.52. The van der Waals surface area contributed by atoms with Crippen molar-refractivity contribution in [2.24, 2.45) is 0 Å². The van der Waals surface area contributed by atoms with Crippen LogP contribution in [0.15, 0.2) is 42.5 Å². The molecule has 1 amide bonds. The van der Waals surface area contributed by atoms with E-state index in [-0.39, 0.29) is 5.56 Å². The van der Waals surface area contributed by atoms with Crippen LogP contribution in [0.25, 0.3) is 0 Å². The summed E-state index contributed by atoms with van der Waals surface area (Å²) in [6, 6.07) is 11.7. The lowest BCUT2D eigenvalue weighted by Crippen LogP contribution is -2.35. The first-order valence-electron chi connectivity index (χ1n) is 7.65. The van der Waals surface area contributed by atoms with Crippen molar-refractivity contribution < 1.29 is 18.7 Å². The van der Waals surface area contributed by atoms with Gasteiger partial charge < -0.3 is 14.8 Å². The highest BCUT2D eigenvalue weighted by atomic mass is 19.1. The van der Waals surface area contributed by atoms with Crippen molar-refractivity contribution in [3.05, 3.63) is 59.4 Å². The largest absolute Gasteiger partial charge is 0.486 e. The molecule has 1 aliphatic heterocycles. The first kappa shape index (κ1) is 14.1. The minimum Gasteiger partial charge on any atom is -0.486 e. The molecule has 0 radical (unpaired) electrons. The Bertz CT molecular complexity index is 771. The third-order valence-electron chi connectivity index (χ3n) is 4.32. The van der Waals surface area contributed by atoms with Crippen LogP contribution in [0.5, 0.6) is 11.5 Å². The molecular formula is C18H16FNO3. The van der Waals surface area contributed by atoms with Gasteiger partial charge in [0.15, 0.2) is 11.5 Å². The van der Waals surface area contributed by atoms with E-state index in [0.29, 0.717) is 19.0 Å². The molecule has 2 aliphatic rings. The summed E-state index contributed by atoms with van der Waals surface area (Å²) in [6.45, 7) is 1.06. The second-order valence-electron chi connectivity index (χ2n) is 5.87. The van der Waals surface area contributed by atoms with Crippen LogP contribution in [-0.2, 0) is 5.54 Å². The number of amides is 1. The monoisotopic (exact) mass is 313 g/mol. The molecule has 23 heavy (non-hydrogen) atoms. The number of hydrogen-bond acceptors (Lipinski definition) is 3. The van der Waals surface area contributed by atoms with Crippen molar-refractivity contribution in [3.63, 3.8) is 0 Å². The molecule has 1 aliphatic carbocycles. The van der Waals surface area contributed by atoms with Gasteiger partial charge in [0.1, 0.15) is 19.0 Å². The van der Waals surface area contributed by atoms with Crippen molar-refractivity contribution in [1.82, 2.24) is 5.32 Å². The number of carbonyl (C=O) groups is 1. The highest BCUT2D eigenvalue weighted by molar-refractivity contribution is 5.95. The van der Waals surface area contributed by atoms with Crippen molar-refractivity contribution >= 4 is 5.91 Å². The van der Waals surface area contributed by atoms with Gasteiger partial charge in [-0.2, -0.15) is 0 Å². The number of rotatable bonds is 3. The molecule has 0 saturated heterocycles. The Balaban J connectivity index is 1.59. The summed E-state index contributed by atoms with van der Waals surface area (Å²) in [7, 11) is 0. The highest BCUT2D eigenvalue weighted by Crippen LogP contribution is 2.48. The smallest absolute Gasteiger partial charge is 0.254 e. The van der Waals surface area contributed by atoms with Crippen LogP contribution < -0.4 is 14.8 Å². The number of fused-ring (bicyclic) bond motifs is 1. The molecule has 1 saturated carbocycles. The average molecular weight is 313 g/mol. The van der Waals surface area contributed by atoms with Gasteiger partial charge in [0.25, 0.3) is 5.91 Å². The Morgan fingerprint density at radius 2 is 1.78 bits per heavy atom. The molecule has 0 aromatic heterocycles. The van der Waals surface area contributed by atoms with Gasteiger partial charge in [-0.15, -0.1) is 0 Å². The molecule has 4 nitrogen and oxygen atoms in total. The summed E-state index contributed by atoms with van der Waals surface area (Å²) in [5.74, 6) is 0.509. The number of hydrogen-bond donors (Lipinski definition) is 1. The van der Waals surface area contributed by atoms with Crippen LogP contribution in [-0.4, -0.2) is 19.1 Å². The maximum absolute atomic E-state index is 13.8. The summed E-state index contributed by atoms with van der Waals surface area (Å²) < 4.78 is 24.9. The zero-order valence-corrected chi connectivity index (χ0v) is 12.5. The van der Waals surface area contributed by atoms with E-state index in [4.69, 9.17) is 9.47 Å². The maximum Gasteiger partial charge on any atom is 0.254 e. The van der Waals surface area contributed by atoms with E-state index in [1.54, 1.807) is 12.1 Å². The Kier molecular flexibility index (Phi) is 3.22. The Morgan fingerprint density at radius 3 is 2.52 bits per heavy atom. The summed E-state index contributed by atoms with van der Waals surface area (Å²) >= 11 is 0. The van der Waals surface area contributed by atoms with Crippen molar-refractivity contribution in [3.8, 4) is 11.5 Å². The van der Waals surface area contributed by atoms with Crippen LogP contribution in [0.3, 0.4) is 0 Å². The molecule has 1 heterocycles. The lowest BCUT2D eigenvalue weighted by Gasteiger charge is -2.23. The summed E-state index contributed by atoms with van der Waals surface area (Å²) in [4.78, 5) is 12.4. The van der Waals surface area contributed by atoms with Crippen LogP contribution in [0.2, 0.25) is 0 Å². The van der Waals surface area contributed by atoms with E-state index < -0.39 is 17.3 Å². The summed E-state index contributed by atoms with van der Waals surface area (Å²) in [6.07, 6.45) is 1.65. The van der Waals surface area contributed by atoms with E-state index in [0.717, 1.165) is 24.2 Å². The first-order chi connectivity index (χ1) is 11.2. The number of halogens is 1. The Hall–Kier alpha value is -2.56. The molecule has 4 rings (SSSR count). The Labute approximate surface area is 133 Å². The van der Waals surface area contributed by atoms with Crippen molar-refractivity contribution in [2.45, 2.75) is 18.4 Å². The fourth-order valence-electron chi connectivity index (χ4n) is 2.88. The van der Waals surface area contributed by atoms with Gasteiger partial charge in [-0.3, -0.25) is 4.79 Å². The van der Waals surface area contributed by atoms with E-state index >= 15 is 0 Å². The minimum atomic E-state index is -0.511. The topological polar surface area (TPSA) is 47.6 Å². The minimum absolute atomic E-state index is 0.0660. The summed E-state index contributed by atoms with van der Waals surface area (Å²) in [5, 5.41) is 2.97. The van der Waals surface area contributed by atoms with Crippen molar-refractivity contribution in [2.75, 3.05) is 13.2 Å². The zero-order chi connectivity index (χ0) is 15.9. The van der Waals surface area contributed by atoms with Crippen molar-refractivity contribution in [1.29, 1.82) is 0 Å². The Morgan fingerprint density at radius 1 is 1.04 bits per heavy atom. The molecule has 0 unspecified atom stereocenters. The second-order valence-corrected chi connectivity index (χ2v) is 5.87. The molecule has 118 valence electrons. The third-order valence-corrected chi connectivity index (χ3v) is 4.32. The number of benzene rings is 2. The van der Waals surface area contributed by atoms with Crippen LogP contribution >= 0.6 is 0 Å². The van der Waals surface area contributed by atoms with Gasteiger partial charge in [0.05, 0.1) is 11.1 Å². The predicted octanol–water partition coefficient (Wildman–Crippen LogP) is 3.02. The average Bonchev–Trinajstić information content (AvgIpc) is 3.35. The fourth-order valence-corrected chi connectivity index (χ4v) is 2.88. The van der Waals surface area contributed by atoms with E-state index in [9.17, 15) is 9.18 Å². The molecule has 1 N–H and O–H groups in total. The molecular weight excluding hydrogens is 297 g/mol. The molecule has 2 aromatic carbocycles. The van der Waals surface area contributed by atoms with E-state index in [2.05, 4.69) is 5.32 Å². The van der Waals surface area contributed by atoms with Crippen LogP contribution in [0, 0.1) is 5.82 Å². The van der Waals surface area contributed by atoms with Gasteiger partial charge in [0, 0.05) is 0 Å². The number of nitrogens with one attached hydrogen (secondary N) is 1. The summed E-state index contributed by atoms with van der Waals surface area (Å²) in [5.41, 5.74) is 0.595. The van der Waals surface area contributed by atoms with Gasteiger partial charge >= 0.3 is 0 Å². The van der Waals surface area contributed by atoms with Gasteiger partial charge in [-0.25, -0.2) is 4.39 Å². The highest BCUT2D eigenvalue weighted by Gasteiger charge is 2.46. The van der Waals surface area contributed by atoms with Gasteiger partial charge in [0.2, 0.25) is 0 Å². The maximum atomic E-state index is 13.8. The van der Waals surface area contributed by atoms with E-state index in [1.165, 1.54) is 12.1 Å². The number of ether oxygens (including phenoxy) is 2.